The van der Waals surface area contributed by atoms with Crippen LogP contribution in [0.1, 0.15) is 37.4 Å². The van der Waals surface area contributed by atoms with Gasteiger partial charge in [-0.05, 0) is 55.2 Å². The molecule has 1 aromatic carbocycles. The van der Waals surface area contributed by atoms with Crippen LogP contribution in [0.3, 0.4) is 0 Å². The second kappa shape index (κ2) is 9.82. The van der Waals surface area contributed by atoms with Crippen LogP contribution in [0.25, 0.3) is 28.0 Å². The largest absolute Gasteiger partial charge is 0.355 e. The molecule has 0 N–H and O–H groups in total. The molecule has 6 heterocycles. The molecule has 3 aliphatic heterocycles. The maximum Gasteiger partial charge on any atom is 0.355 e. The van der Waals surface area contributed by atoms with Crippen LogP contribution in [-0.2, 0) is 4.79 Å². The highest BCUT2D eigenvalue weighted by atomic mass is 35.5. The summed E-state index contributed by atoms with van der Waals surface area (Å²) in [5.74, 6) is -0.110. The van der Waals surface area contributed by atoms with Gasteiger partial charge in [-0.3, -0.25) is 9.78 Å². The number of nitrogens with zero attached hydrogens (tertiary/aromatic N) is 6. The topological polar surface area (TPSA) is 84.2 Å². The van der Waals surface area contributed by atoms with Gasteiger partial charge in [-0.1, -0.05) is 44.2 Å². The van der Waals surface area contributed by atoms with E-state index in [4.69, 9.17) is 16.6 Å². The molecule has 40 heavy (non-hydrogen) atoms. The van der Waals surface area contributed by atoms with Crippen molar-refractivity contribution in [1.82, 2.24) is 24.4 Å². The summed E-state index contributed by atoms with van der Waals surface area (Å²) < 4.78 is 16.4. The minimum Gasteiger partial charge on any atom is -0.352 e. The zero-order valence-electron chi connectivity index (χ0n) is 22.4. The smallest absolute Gasteiger partial charge is 0.352 e. The van der Waals surface area contributed by atoms with E-state index in [-0.39, 0.29) is 40.2 Å². The maximum atomic E-state index is 14.9. The average molecular weight is 559 g/mol. The number of halogens is 2. The van der Waals surface area contributed by atoms with Gasteiger partial charge in [0, 0.05) is 24.8 Å². The van der Waals surface area contributed by atoms with Gasteiger partial charge in [0.15, 0.2) is 5.65 Å². The van der Waals surface area contributed by atoms with Crippen LogP contribution in [0.15, 0.2) is 60.0 Å². The van der Waals surface area contributed by atoms with E-state index in [1.807, 2.05) is 36.6 Å². The number of fused-ring (bicyclic) bond motifs is 3. The van der Waals surface area contributed by atoms with Crippen molar-refractivity contribution in [3.05, 3.63) is 87.8 Å². The Bertz CT molecular complexity index is 1740. The van der Waals surface area contributed by atoms with E-state index in [0.717, 1.165) is 17.7 Å². The number of piperidine rings is 1. The van der Waals surface area contributed by atoms with Crippen molar-refractivity contribution in [2.45, 2.75) is 45.2 Å². The zero-order chi connectivity index (χ0) is 28.3. The molecule has 0 saturated carbocycles. The monoisotopic (exact) mass is 558 g/mol. The van der Waals surface area contributed by atoms with Crippen LogP contribution in [-0.4, -0.2) is 55.5 Å². The Morgan fingerprint density at radius 3 is 2.58 bits per heavy atom. The Kier molecular flexibility index (Phi) is 6.41. The first-order chi connectivity index (χ1) is 19.2. The highest BCUT2D eigenvalue weighted by Gasteiger charge is 2.47. The summed E-state index contributed by atoms with van der Waals surface area (Å²) in [6.07, 6.45) is 3.93. The van der Waals surface area contributed by atoms with E-state index < -0.39 is 11.5 Å². The van der Waals surface area contributed by atoms with Crippen LogP contribution < -0.4 is 10.6 Å². The van der Waals surface area contributed by atoms with Gasteiger partial charge in [0.1, 0.15) is 11.6 Å². The molecule has 3 aromatic heterocycles. The molecular formula is C30H28ClFN6O2. The molecule has 3 aliphatic rings. The Balaban J connectivity index is 1.61. The van der Waals surface area contributed by atoms with Crippen LogP contribution >= 0.6 is 11.6 Å². The summed E-state index contributed by atoms with van der Waals surface area (Å²) in [6, 6.07) is 9.81. The van der Waals surface area contributed by atoms with E-state index in [2.05, 4.69) is 16.5 Å². The molecule has 10 heteroatoms. The number of hydrogen-bond acceptors (Lipinski definition) is 6. The van der Waals surface area contributed by atoms with Gasteiger partial charge < -0.3 is 9.80 Å². The Morgan fingerprint density at radius 2 is 1.90 bits per heavy atom. The van der Waals surface area contributed by atoms with Crippen molar-refractivity contribution in [3.63, 3.8) is 0 Å². The van der Waals surface area contributed by atoms with Gasteiger partial charge >= 0.3 is 5.69 Å². The lowest BCUT2D eigenvalue weighted by Crippen LogP contribution is -2.70. The maximum absolute atomic E-state index is 14.9. The molecule has 8 nitrogen and oxygen atoms in total. The lowest BCUT2D eigenvalue weighted by Gasteiger charge is -2.56. The van der Waals surface area contributed by atoms with Crippen molar-refractivity contribution in [2.75, 3.05) is 18.0 Å². The molecule has 4 aromatic rings. The third-order valence-electron chi connectivity index (χ3n) is 7.78. The van der Waals surface area contributed by atoms with Crippen molar-refractivity contribution in [3.8, 4) is 16.9 Å². The lowest BCUT2D eigenvalue weighted by atomic mass is 9.87. The van der Waals surface area contributed by atoms with E-state index in [0.29, 0.717) is 35.6 Å². The molecule has 2 unspecified atom stereocenters. The molecule has 0 aliphatic carbocycles. The second-order valence-corrected chi connectivity index (χ2v) is 11.0. The number of hydrogen-bond donors (Lipinski definition) is 0. The number of aryl methyl sites for hydroxylation is 1. The molecule has 3 saturated heterocycles. The molecule has 0 radical (unpaired) electrons. The summed E-state index contributed by atoms with van der Waals surface area (Å²) in [4.78, 5) is 44.1. The number of carbonyl (C=O) groups is 1. The van der Waals surface area contributed by atoms with Crippen molar-refractivity contribution < 1.29 is 9.18 Å². The summed E-state index contributed by atoms with van der Waals surface area (Å²) >= 11 is 6.75. The highest BCUT2D eigenvalue weighted by Crippen LogP contribution is 2.39. The summed E-state index contributed by atoms with van der Waals surface area (Å²) in [6.45, 7) is 10.6. The van der Waals surface area contributed by atoms with Crippen molar-refractivity contribution in [2.24, 2.45) is 0 Å². The fourth-order valence-electron chi connectivity index (χ4n) is 5.92. The normalized spacial score (nSPS) is 18.2. The number of benzene rings is 1. The van der Waals surface area contributed by atoms with Gasteiger partial charge in [-0.15, -0.1) is 0 Å². The van der Waals surface area contributed by atoms with Gasteiger partial charge in [0.2, 0.25) is 5.91 Å². The first-order valence-corrected chi connectivity index (χ1v) is 13.6. The number of pyridine rings is 2. The van der Waals surface area contributed by atoms with Crippen LogP contribution in [0.4, 0.5) is 10.2 Å². The first-order valence-electron chi connectivity index (χ1n) is 13.2. The number of aromatic nitrogens is 4. The molecule has 7 rings (SSSR count). The molecule has 3 fully saturated rings. The first kappa shape index (κ1) is 26.1. The third kappa shape index (κ3) is 4.07. The number of amides is 1. The molecule has 204 valence electrons. The SMILES string of the molecule is C=CC(=O)N1C2CC1CN(c1nc(=O)n(-c3c(C)ccnc3C(C)C)c3nc(-c4ccccc4F)c(Cl)cc13)C2. The number of piperazine rings is 1. The number of carbonyl (C=O) groups excluding carboxylic acids is 1. The van der Waals surface area contributed by atoms with Crippen LogP contribution in [0.5, 0.6) is 0 Å². The molecule has 2 bridgehead atoms. The Morgan fingerprint density at radius 1 is 1.18 bits per heavy atom. The summed E-state index contributed by atoms with van der Waals surface area (Å²) in [5, 5.41) is 0.800. The summed E-state index contributed by atoms with van der Waals surface area (Å²) in [5.41, 5.74) is 2.41. The standard InChI is InChI=1S/C30H28ClFN6O2/c1-5-24(39)37-18-12-19(37)15-36(14-18)28-21-13-22(31)26(20-8-6-7-9-23(20)32)34-29(21)38(30(40)35-28)27-17(4)10-11-33-25(27)16(2)3/h5-11,13,16,18-19H,1,12,14-15H2,2-4H3. The van der Waals surface area contributed by atoms with Crippen LogP contribution in [0.2, 0.25) is 5.02 Å². The number of anilines is 1. The van der Waals surface area contributed by atoms with E-state index in [1.165, 1.54) is 16.7 Å². The average Bonchev–Trinajstić information content (AvgIpc) is 2.93. The molecule has 0 spiro atoms. The third-order valence-corrected chi connectivity index (χ3v) is 8.07. The van der Waals surface area contributed by atoms with Crippen molar-refractivity contribution >= 4 is 34.4 Å². The Hall–Kier alpha value is -4.11. The summed E-state index contributed by atoms with van der Waals surface area (Å²) in [7, 11) is 0. The van der Waals surface area contributed by atoms with E-state index in [1.54, 1.807) is 30.5 Å². The second-order valence-electron chi connectivity index (χ2n) is 10.6. The van der Waals surface area contributed by atoms with E-state index >= 15 is 0 Å². The quantitative estimate of drug-likeness (QED) is 0.319. The zero-order valence-corrected chi connectivity index (χ0v) is 23.2. The van der Waals surface area contributed by atoms with Crippen molar-refractivity contribution in [1.29, 1.82) is 0 Å². The van der Waals surface area contributed by atoms with Gasteiger partial charge in [-0.2, -0.15) is 4.98 Å². The van der Waals surface area contributed by atoms with Crippen LogP contribution in [0, 0.1) is 12.7 Å². The minimum atomic E-state index is -0.520. The highest BCUT2D eigenvalue weighted by molar-refractivity contribution is 6.33. The van der Waals surface area contributed by atoms with Gasteiger partial charge in [0.05, 0.1) is 39.6 Å². The van der Waals surface area contributed by atoms with Gasteiger partial charge in [0.25, 0.3) is 0 Å². The number of rotatable bonds is 5. The fourth-order valence-corrected chi connectivity index (χ4v) is 6.18. The van der Waals surface area contributed by atoms with E-state index in [9.17, 15) is 14.0 Å². The molecule has 2 atom stereocenters. The fraction of sp³-hybridized carbons (Fsp3) is 0.300. The molecular weight excluding hydrogens is 531 g/mol. The minimum absolute atomic E-state index is 0.00207. The van der Waals surface area contributed by atoms with Gasteiger partial charge in [-0.25, -0.2) is 18.7 Å². The predicted molar refractivity (Wildman–Crippen MR) is 154 cm³/mol. The predicted octanol–water partition coefficient (Wildman–Crippen LogP) is 5.04. The lowest BCUT2D eigenvalue weighted by molar-refractivity contribution is -0.140. The Labute approximate surface area is 235 Å². The molecule has 1 amide bonds.